The number of para-hydroxylation sites is 1. The Morgan fingerprint density at radius 3 is 2.19 bits per heavy atom. The number of hydrogen-bond donors (Lipinski definition) is 3. The van der Waals surface area contributed by atoms with Crippen LogP contribution in [-0.2, 0) is 19.6 Å². The summed E-state index contributed by atoms with van der Waals surface area (Å²) >= 11 is 0. The number of nitrogens with one attached hydrogen (secondary N) is 3. The summed E-state index contributed by atoms with van der Waals surface area (Å²) in [5.41, 5.74) is 0.463. The van der Waals surface area contributed by atoms with Gasteiger partial charge in [0.15, 0.2) is 6.61 Å². The third-order valence-corrected chi connectivity index (χ3v) is 4.64. The first kappa shape index (κ1) is 19.9. The predicted octanol–water partition coefficient (Wildman–Crippen LogP) is 1.10. The van der Waals surface area contributed by atoms with Gasteiger partial charge < -0.3 is 10.1 Å². The molecule has 0 fully saturated rings. The molecule has 0 aliphatic rings. The lowest BCUT2D eigenvalue weighted by atomic mass is 10.2. The Kier molecular flexibility index (Phi) is 6.50. The molecule has 3 amide bonds. The molecule has 0 radical (unpaired) electrons. The predicted molar refractivity (Wildman–Crippen MR) is 96.6 cm³/mol. The zero-order chi connectivity index (χ0) is 19.9. The second-order valence-corrected chi connectivity index (χ2v) is 6.88. The quantitative estimate of drug-likeness (QED) is 0.632. The monoisotopic (exact) mass is 391 g/mol. The summed E-state index contributed by atoms with van der Waals surface area (Å²) in [7, 11) is -2.48. The molecule has 0 heterocycles. The molecule has 142 valence electrons. The van der Waals surface area contributed by atoms with Gasteiger partial charge in [-0.3, -0.25) is 14.8 Å². The van der Waals surface area contributed by atoms with Gasteiger partial charge in [0.1, 0.15) is 0 Å². The number of anilines is 1. The third kappa shape index (κ3) is 5.82. The first-order valence-corrected chi connectivity index (χ1v) is 9.17. The Labute approximate surface area is 155 Å². The van der Waals surface area contributed by atoms with Crippen molar-refractivity contribution in [3.8, 4) is 0 Å². The maximum Gasteiger partial charge on any atom is 0.338 e. The van der Waals surface area contributed by atoms with Crippen LogP contribution in [0.2, 0.25) is 0 Å². The first-order valence-electron chi connectivity index (χ1n) is 7.68. The number of benzene rings is 2. The lowest BCUT2D eigenvalue weighted by Gasteiger charge is -2.09. The number of imide groups is 1. The van der Waals surface area contributed by atoms with Crippen LogP contribution >= 0.6 is 0 Å². The van der Waals surface area contributed by atoms with E-state index in [4.69, 9.17) is 4.74 Å². The summed E-state index contributed by atoms with van der Waals surface area (Å²) < 4.78 is 31.8. The number of rotatable bonds is 6. The van der Waals surface area contributed by atoms with Crippen molar-refractivity contribution in [3.63, 3.8) is 0 Å². The van der Waals surface area contributed by atoms with Crippen molar-refractivity contribution in [3.05, 3.63) is 60.2 Å². The molecule has 0 bridgehead atoms. The minimum absolute atomic E-state index is 0.0414. The molecule has 2 rings (SSSR count). The van der Waals surface area contributed by atoms with Crippen LogP contribution in [0.1, 0.15) is 10.4 Å². The van der Waals surface area contributed by atoms with Crippen molar-refractivity contribution >= 4 is 33.6 Å². The van der Waals surface area contributed by atoms with E-state index in [1.165, 1.54) is 31.3 Å². The van der Waals surface area contributed by atoms with Crippen molar-refractivity contribution in [2.75, 3.05) is 18.4 Å². The molecule has 0 aliphatic heterocycles. The molecule has 27 heavy (non-hydrogen) atoms. The maximum atomic E-state index is 12.3. The molecule has 2 aromatic rings. The number of esters is 1. The summed E-state index contributed by atoms with van der Waals surface area (Å²) in [6.45, 7) is -0.651. The molecular formula is C17H17N3O6S. The van der Waals surface area contributed by atoms with Gasteiger partial charge in [0.25, 0.3) is 15.9 Å². The summed E-state index contributed by atoms with van der Waals surface area (Å²) in [6, 6.07) is 12.6. The third-order valence-electron chi connectivity index (χ3n) is 3.24. The van der Waals surface area contributed by atoms with Gasteiger partial charge in [-0.2, -0.15) is 0 Å². The van der Waals surface area contributed by atoms with Gasteiger partial charge in [-0.1, -0.05) is 18.2 Å². The van der Waals surface area contributed by atoms with Gasteiger partial charge in [-0.15, -0.1) is 0 Å². The number of carbonyl (C=O) groups excluding carboxylic acids is 3. The van der Waals surface area contributed by atoms with Crippen molar-refractivity contribution in [2.24, 2.45) is 0 Å². The molecule has 0 spiro atoms. The molecule has 2 aromatic carbocycles. The molecular weight excluding hydrogens is 374 g/mol. The van der Waals surface area contributed by atoms with E-state index in [1.54, 1.807) is 30.3 Å². The Hall–Kier alpha value is -3.40. The second-order valence-electron chi connectivity index (χ2n) is 5.20. The van der Waals surface area contributed by atoms with Crippen LogP contribution in [0.25, 0.3) is 0 Å². The lowest BCUT2D eigenvalue weighted by molar-refractivity contribution is -0.123. The molecule has 9 nitrogen and oxygen atoms in total. The largest absolute Gasteiger partial charge is 0.452 e. The molecule has 0 unspecified atom stereocenters. The Morgan fingerprint density at radius 2 is 1.59 bits per heavy atom. The van der Waals surface area contributed by atoms with Crippen molar-refractivity contribution in [1.82, 2.24) is 10.6 Å². The van der Waals surface area contributed by atoms with Gasteiger partial charge in [0.2, 0.25) is 0 Å². The van der Waals surface area contributed by atoms with Gasteiger partial charge in [-0.25, -0.2) is 18.0 Å². The fourth-order valence-corrected chi connectivity index (χ4v) is 2.99. The minimum Gasteiger partial charge on any atom is -0.452 e. The van der Waals surface area contributed by atoms with Crippen LogP contribution in [0.4, 0.5) is 10.5 Å². The summed E-state index contributed by atoms with van der Waals surface area (Å²) in [6.07, 6.45) is 0. The minimum atomic E-state index is -3.81. The molecule has 3 N–H and O–H groups in total. The van der Waals surface area contributed by atoms with Crippen LogP contribution in [0.5, 0.6) is 0 Å². The van der Waals surface area contributed by atoms with Gasteiger partial charge in [-0.05, 0) is 36.4 Å². The zero-order valence-electron chi connectivity index (χ0n) is 14.3. The Morgan fingerprint density at radius 1 is 0.963 bits per heavy atom. The van der Waals surface area contributed by atoms with Crippen LogP contribution in [0, 0.1) is 0 Å². The number of ether oxygens (including phenoxy) is 1. The van der Waals surface area contributed by atoms with E-state index in [1.807, 2.05) is 5.32 Å². The zero-order valence-corrected chi connectivity index (χ0v) is 15.1. The average molecular weight is 391 g/mol. The Bertz CT molecular complexity index is 927. The highest BCUT2D eigenvalue weighted by atomic mass is 32.2. The van der Waals surface area contributed by atoms with Gasteiger partial charge in [0.05, 0.1) is 10.5 Å². The van der Waals surface area contributed by atoms with Crippen molar-refractivity contribution in [1.29, 1.82) is 0 Å². The lowest BCUT2D eigenvalue weighted by Crippen LogP contribution is -2.39. The number of sulfonamides is 1. The topological polar surface area (TPSA) is 131 Å². The number of urea groups is 1. The fourth-order valence-electron chi connectivity index (χ4n) is 1.93. The van der Waals surface area contributed by atoms with E-state index in [0.29, 0.717) is 5.69 Å². The van der Waals surface area contributed by atoms with E-state index >= 15 is 0 Å². The molecule has 10 heteroatoms. The molecule has 0 saturated heterocycles. The number of hydrogen-bond acceptors (Lipinski definition) is 6. The maximum absolute atomic E-state index is 12.3. The van der Waals surface area contributed by atoms with E-state index in [9.17, 15) is 22.8 Å². The first-order chi connectivity index (χ1) is 12.8. The van der Waals surface area contributed by atoms with E-state index in [0.717, 1.165) is 0 Å². The highest BCUT2D eigenvalue weighted by Crippen LogP contribution is 2.16. The Balaban J connectivity index is 1.98. The highest BCUT2D eigenvalue weighted by Gasteiger charge is 2.16. The highest BCUT2D eigenvalue weighted by molar-refractivity contribution is 7.92. The second kappa shape index (κ2) is 8.81. The van der Waals surface area contributed by atoms with E-state index in [2.05, 4.69) is 10.0 Å². The summed E-state index contributed by atoms with van der Waals surface area (Å²) in [5, 5.41) is 4.11. The van der Waals surface area contributed by atoms with Crippen molar-refractivity contribution < 1.29 is 27.5 Å². The SMILES string of the molecule is CNC(=O)NC(=O)COC(=O)c1ccc(S(=O)(=O)Nc2ccccc2)cc1. The smallest absolute Gasteiger partial charge is 0.338 e. The van der Waals surface area contributed by atoms with Crippen LogP contribution in [0.15, 0.2) is 59.5 Å². The summed E-state index contributed by atoms with van der Waals surface area (Å²) in [4.78, 5) is 34.2. The van der Waals surface area contributed by atoms with E-state index < -0.39 is 34.5 Å². The van der Waals surface area contributed by atoms with E-state index in [-0.39, 0.29) is 10.5 Å². The van der Waals surface area contributed by atoms with Crippen LogP contribution in [-0.4, -0.2) is 40.0 Å². The van der Waals surface area contributed by atoms with Crippen LogP contribution in [0.3, 0.4) is 0 Å². The van der Waals surface area contributed by atoms with Gasteiger partial charge >= 0.3 is 12.0 Å². The number of amides is 3. The standard InChI is InChI=1S/C17H17N3O6S/c1-18-17(23)19-15(21)11-26-16(22)12-7-9-14(10-8-12)27(24,25)20-13-5-3-2-4-6-13/h2-10,20H,11H2,1H3,(H2,18,19,21,23). The molecule has 0 atom stereocenters. The van der Waals surface area contributed by atoms with Crippen LogP contribution < -0.4 is 15.4 Å². The summed E-state index contributed by atoms with van der Waals surface area (Å²) in [5.74, 6) is -1.63. The fraction of sp³-hybridized carbons (Fsp3) is 0.118. The molecule has 0 saturated carbocycles. The van der Waals surface area contributed by atoms with Gasteiger partial charge in [0, 0.05) is 12.7 Å². The average Bonchev–Trinajstić information content (AvgIpc) is 2.66. The normalized spacial score (nSPS) is 10.6. The molecule has 0 aromatic heterocycles. The number of carbonyl (C=O) groups is 3. The van der Waals surface area contributed by atoms with Crippen molar-refractivity contribution in [2.45, 2.75) is 4.90 Å². The molecule has 0 aliphatic carbocycles.